The molecule has 1 aliphatic heterocycles. The molecule has 2 rings (SSSR count). The lowest BCUT2D eigenvalue weighted by Crippen LogP contribution is -2.33. The number of aliphatic hydroxyl groups excluding tert-OH is 1. The zero-order chi connectivity index (χ0) is 6.27. The van der Waals surface area contributed by atoms with E-state index in [1.54, 1.807) is 0 Å². The Kier molecular flexibility index (Phi) is 2.55. The van der Waals surface area contributed by atoms with Gasteiger partial charge in [-0.2, -0.15) is 0 Å². The lowest BCUT2D eigenvalue weighted by molar-refractivity contribution is 0.188. The highest BCUT2D eigenvalue weighted by atomic mass is 35.5. The summed E-state index contributed by atoms with van der Waals surface area (Å²) in [5.74, 6) is 2.36. The summed E-state index contributed by atoms with van der Waals surface area (Å²) in [6.45, 7) is 2.62. The second-order valence-corrected chi connectivity index (χ2v) is 3.26. The summed E-state index contributed by atoms with van der Waals surface area (Å²) in [7, 11) is 0. The van der Waals surface area contributed by atoms with Crippen LogP contribution in [0.4, 0.5) is 0 Å². The molecular formula is C7H14ClNO. The van der Waals surface area contributed by atoms with E-state index in [-0.39, 0.29) is 12.4 Å². The van der Waals surface area contributed by atoms with Crippen LogP contribution in [-0.2, 0) is 0 Å². The van der Waals surface area contributed by atoms with Gasteiger partial charge in [0.1, 0.15) is 0 Å². The summed E-state index contributed by atoms with van der Waals surface area (Å²) in [6, 6.07) is 0. The number of hydrogen-bond donors (Lipinski definition) is 2. The van der Waals surface area contributed by atoms with Crippen LogP contribution in [0.25, 0.3) is 0 Å². The average molecular weight is 164 g/mol. The van der Waals surface area contributed by atoms with Crippen molar-refractivity contribution in [2.45, 2.75) is 6.42 Å². The maximum Gasteiger partial charge on any atom is 0.0474 e. The van der Waals surface area contributed by atoms with Gasteiger partial charge in [-0.25, -0.2) is 0 Å². The van der Waals surface area contributed by atoms with Crippen molar-refractivity contribution < 1.29 is 5.11 Å². The van der Waals surface area contributed by atoms with E-state index in [1.165, 1.54) is 13.0 Å². The van der Waals surface area contributed by atoms with Crippen molar-refractivity contribution in [3.8, 4) is 0 Å². The van der Waals surface area contributed by atoms with Crippen molar-refractivity contribution in [1.82, 2.24) is 5.32 Å². The zero-order valence-electron chi connectivity index (χ0n) is 5.92. The molecule has 10 heavy (non-hydrogen) atoms. The fourth-order valence-electron chi connectivity index (χ4n) is 1.89. The van der Waals surface area contributed by atoms with E-state index in [0.29, 0.717) is 12.5 Å². The number of nitrogens with one attached hydrogen (secondary N) is 1. The SMILES string of the molecule is Cl.OCC1CNCC2CC12. The Hall–Kier alpha value is 0.210. The van der Waals surface area contributed by atoms with Gasteiger partial charge < -0.3 is 10.4 Å². The summed E-state index contributed by atoms with van der Waals surface area (Å²) in [4.78, 5) is 0. The molecule has 0 bridgehead atoms. The Morgan fingerprint density at radius 2 is 2.20 bits per heavy atom. The predicted molar refractivity (Wildman–Crippen MR) is 42.3 cm³/mol. The fraction of sp³-hybridized carbons (Fsp3) is 1.00. The third-order valence-electron chi connectivity index (χ3n) is 2.63. The molecule has 2 aliphatic rings. The first-order valence-corrected chi connectivity index (χ1v) is 3.73. The van der Waals surface area contributed by atoms with Gasteiger partial charge in [0, 0.05) is 13.2 Å². The molecule has 0 radical (unpaired) electrons. The van der Waals surface area contributed by atoms with Crippen LogP contribution in [0.1, 0.15) is 6.42 Å². The quantitative estimate of drug-likeness (QED) is 0.581. The monoisotopic (exact) mass is 163 g/mol. The van der Waals surface area contributed by atoms with E-state index in [2.05, 4.69) is 5.32 Å². The Morgan fingerprint density at radius 3 is 2.80 bits per heavy atom. The molecule has 2 nitrogen and oxygen atoms in total. The highest BCUT2D eigenvalue weighted by Gasteiger charge is 2.44. The smallest absolute Gasteiger partial charge is 0.0474 e. The van der Waals surface area contributed by atoms with Crippen LogP contribution < -0.4 is 5.32 Å². The Labute approximate surface area is 67.4 Å². The van der Waals surface area contributed by atoms with Gasteiger partial charge in [0.25, 0.3) is 0 Å². The summed E-state index contributed by atoms with van der Waals surface area (Å²) >= 11 is 0. The summed E-state index contributed by atoms with van der Waals surface area (Å²) in [6.07, 6.45) is 1.36. The normalized spacial score (nSPS) is 43.5. The highest BCUT2D eigenvalue weighted by Crippen LogP contribution is 2.45. The predicted octanol–water partition coefficient (Wildman–Crippen LogP) is 0.256. The van der Waals surface area contributed by atoms with Gasteiger partial charge in [-0.3, -0.25) is 0 Å². The number of halogens is 1. The van der Waals surface area contributed by atoms with E-state index in [4.69, 9.17) is 5.11 Å². The van der Waals surface area contributed by atoms with E-state index in [0.717, 1.165) is 18.4 Å². The number of fused-ring (bicyclic) bond motifs is 1. The van der Waals surface area contributed by atoms with Crippen LogP contribution in [0, 0.1) is 17.8 Å². The molecule has 1 saturated carbocycles. The van der Waals surface area contributed by atoms with Gasteiger partial charge in [-0.1, -0.05) is 0 Å². The molecule has 1 saturated heterocycles. The summed E-state index contributed by atoms with van der Waals surface area (Å²) in [5.41, 5.74) is 0. The van der Waals surface area contributed by atoms with Gasteiger partial charge in [0.15, 0.2) is 0 Å². The van der Waals surface area contributed by atoms with Crippen LogP contribution in [0.3, 0.4) is 0 Å². The van der Waals surface area contributed by atoms with Crippen molar-refractivity contribution in [3.63, 3.8) is 0 Å². The maximum absolute atomic E-state index is 8.85. The van der Waals surface area contributed by atoms with Crippen LogP contribution in [0.5, 0.6) is 0 Å². The Bertz CT molecular complexity index is 120. The molecule has 1 heterocycles. The minimum Gasteiger partial charge on any atom is -0.396 e. The maximum atomic E-state index is 8.85. The number of rotatable bonds is 1. The first-order chi connectivity index (χ1) is 4.42. The van der Waals surface area contributed by atoms with Crippen LogP contribution in [0.2, 0.25) is 0 Å². The van der Waals surface area contributed by atoms with Gasteiger partial charge >= 0.3 is 0 Å². The summed E-state index contributed by atoms with van der Waals surface area (Å²) < 4.78 is 0. The third kappa shape index (κ3) is 1.29. The van der Waals surface area contributed by atoms with Gasteiger partial charge in [0.05, 0.1) is 0 Å². The first-order valence-electron chi connectivity index (χ1n) is 3.73. The third-order valence-corrected chi connectivity index (χ3v) is 2.63. The summed E-state index contributed by atoms with van der Waals surface area (Å²) in [5, 5.41) is 12.2. The average Bonchev–Trinajstić information content (AvgIpc) is 2.64. The Morgan fingerprint density at radius 1 is 1.40 bits per heavy atom. The van der Waals surface area contributed by atoms with Gasteiger partial charge in [-0.05, 0) is 30.7 Å². The molecule has 0 aromatic heterocycles. The molecule has 0 aromatic carbocycles. The molecule has 3 heteroatoms. The number of hydrogen-bond acceptors (Lipinski definition) is 2. The lowest BCUT2D eigenvalue weighted by Gasteiger charge is -2.19. The minimum atomic E-state index is 0. The molecule has 2 fully saturated rings. The van der Waals surface area contributed by atoms with Crippen molar-refractivity contribution in [1.29, 1.82) is 0 Å². The van der Waals surface area contributed by atoms with E-state index in [9.17, 15) is 0 Å². The van der Waals surface area contributed by atoms with E-state index >= 15 is 0 Å². The van der Waals surface area contributed by atoms with Crippen molar-refractivity contribution >= 4 is 12.4 Å². The van der Waals surface area contributed by atoms with Crippen molar-refractivity contribution in [2.75, 3.05) is 19.7 Å². The molecule has 3 unspecified atom stereocenters. The van der Waals surface area contributed by atoms with Crippen molar-refractivity contribution in [3.05, 3.63) is 0 Å². The lowest BCUT2D eigenvalue weighted by atomic mass is 10.0. The standard InChI is InChI=1S/C7H13NO.ClH/c9-4-6-3-8-2-5-1-7(5)6;/h5-9H,1-4H2;1H. The van der Waals surface area contributed by atoms with Gasteiger partial charge in [0.2, 0.25) is 0 Å². The number of piperidine rings is 1. The minimum absolute atomic E-state index is 0. The molecule has 2 N–H and O–H groups in total. The van der Waals surface area contributed by atoms with Crippen LogP contribution in [-0.4, -0.2) is 24.8 Å². The zero-order valence-corrected chi connectivity index (χ0v) is 6.73. The molecule has 0 spiro atoms. The second kappa shape index (κ2) is 3.07. The largest absolute Gasteiger partial charge is 0.396 e. The molecule has 3 atom stereocenters. The fourth-order valence-corrected chi connectivity index (χ4v) is 1.89. The molecule has 0 aromatic rings. The van der Waals surface area contributed by atoms with Crippen molar-refractivity contribution in [2.24, 2.45) is 17.8 Å². The van der Waals surface area contributed by atoms with Crippen LogP contribution >= 0.6 is 12.4 Å². The molecule has 1 aliphatic carbocycles. The Balaban J connectivity index is 0.000000500. The molecular weight excluding hydrogens is 150 g/mol. The van der Waals surface area contributed by atoms with Crippen LogP contribution in [0.15, 0.2) is 0 Å². The topological polar surface area (TPSA) is 32.3 Å². The first kappa shape index (κ1) is 8.31. The number of aliphatic hydroxyl groups is 1. The second-order valence-electron chi connectivity index (χ2n) is 3.26. The van der Waals surface area contributed by atoms with Gasteiger partial charge in [-0.15, -0.1) is 12.4 Å². The van der Waals surface area contributed by atoms with E-state index < -0.39 is 0 Å². The molecule has 0 amide bonds. The van der Waals surface area contributed by atoms with E-state index in [1.807, 2.05) is 0 Å². The molecule has 60 valence electrons. The highest BCUT2D eigenvalue weighted by molar-refractivity contribution is 5.85.